The van der Waals surface area contributed by atoms with Gasteiger partial charge in [-0.25, -0.2) is 0 Å². The molecule has 0 amide bonds. The molecule has 0 spiro atoms. The molecule has 2 heterocycles. The van der Waals surface area contributed by atoms with E-state index in [1.54, 1.807) is 0 Å². The number of fused-ring (bicyclic) bond motifs is 1. The van der Waals surface area contributed by atoms with Gasteiger partial charge in [0, 0.05) is 44.1 Å². The summed E-state index contributed by atoms with van der Waals surface area (Å²) in [5, 5.41) is 4.97. The molecule has 0 radical (unpaired) electrons. The first kappa shape index (κ1) is 12.7. The topological polar surface area (TPSA) is 26.2 Å². The van der Waals surface area contributed by atoms with Crippen molar-refractivity contribution in [2.24, 2.45) is 0 Å². The Hall–Kier alpha value is -1.32. The van der Waals surface area contributed by atoms with Crippen LogP contribution in [0.4, 0.5) is 0 Å². The fourth-order valence-corrected chi connectivity index (χ4v) is 2.81. The van der Waals surface area contributed by atoms with Crippen molar-refractivity contribution >= 4 is 10.9 Å². The minimum Gasteiger partial charge on any atom is -0.381 e. The fourth-order valence-electron chi connectivity index (χ4n) is 2.81. The maximum absolute atomic E-state index is 5.38. The Morgan fingerprint density at radius 3 is 2.95 bits per heavy atom. The van der Waals surface area contributed by atoms with E-state index >= 15 is 0 Å². The van der Waals surface area contributed by atoms with Crippen LogP contribution < -0.4 is 5.32 Å². The lowest BCUT2D eigenvalue weighted by molar-refractivity contribution is 0.0779. The average Bonchev–Trinajstić information content (AvgIpc) is 2.82. The van der Waals surface area contributed by atoms with Gasteiger partial charge in [0.05, 0.1) is 0 Å². The van der Waals surface area contributed by atoms with Crippen molar-refractivity contribution in [1.82, 2.24) is 9.88 Å². The largest absolute Gasteiger partial charge is 0.381 e. The van der Waals surface area contributed by atoms with Crippen LogP contribution in [-0.4, -0.2) is 30.4 Å². The quantitative estimate of drug-likeness (QED) is 0.912. The Balaban J connectivity index is 1.59. The molecule has 1 aromatic heterocycles. The van der Waals surface area contributed by atoms with E-state index < -0.39 is 0 Å². The van der Waals surface area contributed by atoms with E-state index in [1.165, 1.54) is 16.5 Å². The van der Waals surface area contributed by atoms with E-state index in [4.69, 9.17) is 4.74 Å². The number of aryl methyl sites for hydroxylation is 1. The Morgan fingerprint density at radius 1 is 1.26 bits per heavy atom. The van der Waals surface area contributed by atoms with Gasteiger partial charge in [0.25, 0.3) is 0 Å². The van der Waals surface area contributed by atoms with Crippen molar-refractivity contribution in [2.45, 2.75) is 32.4 Å². The molecule has 3 heteroatoms. The average molecular weight is 258 g/mol. The molecular formula is C16H22N2O. The predicted molar refractivity (Wildman–Crippen MR) is 78.5 cm³/mol. The van der Waals surface area contributed by atoms with Crippen LogP contribution in [0.15, 0.2) is 30.5 Å². The Bertz CT molecular complexity index is 541. The third-order valence-corrected chi connectivity index (χ3v) is 3.93. The first-order chi connectivity index (χ1) is 9.33. The van der Waals surface area contributed by atoms with Crippen LogP contribution in [-0.2, 0) is 11.3 Å². The van der Waals surface area contributed by atoms with Crippen molar-refractivity contribution in [2.75, 3.05) is 19.8 Å². The molecule has 2 aromatic rings. The molecule has 1 aliphatic rings. The Labute approximate surface area is 114 Å². The van der Waals surface area contributed by atoms with Crippen molar-refractivity contribution < 1.29 is 4.74 Å². The van der Waals surface area contributed by atoms with Crippen LogP contribution in [0.3, 0.4) is 0 Å². The molecule has 1 fully saturated rings. The number of nitrogens with one attached hydrogen (secondary N) is 1. The lowest BCUT2D eigenvalue weighted by atomic mass is 10.1. The first-order valence-corrected chi connectivity index (χ1v) is 7.19. The molecule has 0 aliphatic carbocycles. The van der Waals surface area contributed by atoms with Gasteiger partial charge in [-0.2, -0.15) is 0 Å². The van der Waals surface area contributed by atoms with E-state index in [1.807, 2.05) is 0 Å². The number of ether oxygens (including phenoxy) is 1. The van der Waals surface area contributed by atoms with Gasteiger partial charge in [0.15, 0.2) is 0 Å². The van der Waals surface area contributed by atoms with Crippen LogP contribution in [0.1, 0.15) is 18.4 Å². The van der Waals surface area contributed by atoms with Gasteiger partial charge in [-0.3, -0.25) is 0 Å². The van der Waals surface area contributed by atoms with Crippen molar-refractivity contribution in [1.29, 1.82) is 0 Å². The second-order valence-electron chi connectivity index (χ2n) is 5.41. The maximum atomic E-state index is 5.38. The maximum Gasteiger partial charge on any atom is 0.0480 e. The minimum absolute atomic E-state index is 0.637. The zero-order chi connectivity index (χ0) is 13.1. The highest BCUT2D eigenvalue weighted by molar-refractivity contribution is 5.80. The van der Waals surface area contributed by atoms with Crippen LogP contribution in [0.2, 0.25) is 0 Å². The summed E-state index contributed by atoms with van der Waals surface area (Å²) >= 11 is 0. The summed E-state index contributed by atoms with van der Waals surface area (Å²) in [4.78, 5) is 0. The molecule has 19 heavy (non-hydrogen) atoms. The molecule has 1 N–H and O–H groups in total. The fraction of sp³-hybridized carbons (Fsp3) is 0.500. The van der Waals surface area contributed by atoms with E-state index in [0.29, 0.717) is 6.04 Å². The Morgan fingerprint density at radius 2 is 2.11 bits per heavy atom. The standard InChI is InChI=1S/C16H22N2O/c1-13-2-3-16-14(12-13)4-8-18(16)9-7-17-15-5-10-19-11-6-15/h2-4,8,12,15,17H,5-7,9-11H2,1H3. The molecule has 1 saturated heterocycles. The molecular weight excluding hydrogens is 236 g/mol. The van der Waals surface area contributed by atoms with Crippen LogP contribution in [0.25, 0.3) is 10.9 Å². The van der Waals surface area contributed by atoms with E-state index in [2.05, 4.69) is 47.3 Å². The van der Waals surface area contributed by atoms with E-state index in [0.717, 1.165) is 39.1 Å². The molecule has 102 valence electrons. The minimum atomic E-state index is 0.637. The molecule has 1 aliphatic heterocycles. The molecule has 3 nitrogen and oxygen atoms in total. The second-order valence-corrected chi connectivity index (χ2v) is 5.41. The van der Waals surface area contributed by atoms with E-state index in [-0.39, 0.29) is 0 Å². The van der Waals surface area contributed by atoms with Crippen LogP contribution in [0.5, 0.6) is 0 Å². The number of rotatable bonds is 4. The normalized spacial score (nSPS) is 17.1. The molecule has 0 bridgehead atoms. The van der Waals surface area contributed by atoms with Crippen molar-refractivity contribution in [3.63, 3.8) is 0 Å². The zero-order valence-electron chi connectivity index (χ0n) is 11.6. The molecule has 1 aromatic carbocycles. The smallest absolute Gasteiger partial charge is 0.0480 e. The summed E-state index contributed by atoms with van der Waals surface area (Å²) in [7, 11) is 0. The van der Waals surface area contributed by atoms with Gasteiger partial charge in [0.1, 0.15) is 0 Å². The SMILES string of the molecule is Cc1ccc2c(ccn2CCNC2CCOCC2)c1. The summed E-state index contributed by atoms with van der Waals surface area (Å²) in [6.45, 7) is 6.02. The molecule has 0 unspecified atom stereocenters. The van der Waals surface area contributed by atoms with Gasteiger partial charge in [0.2, 0.25) is 0 Å². The number of hydrogen-bond acceptors (Lipinski definition) is 2. The summed E-state index contributed by atoms with van der Waals surface area (Å²) in [5.74, 6) is 0. The number of aromatic nitrogens is 1. The van der Waals surface area contributed by atoms with Gasteiger partial charge in [-0.15, -0.1) is 0 Å². The van der Waals surface area contributed by atoms with Crippen molar-refractivity contribution in [3.05, 3.63) is 36.0 Å². The molecule has 0 saturated carbocycles. The predicted octanol–water partition coefficient (Wildman–Crippen LogP) is 2.72. The number of benzene rings is 1. The van der Waals surface area contributed by atoms with Crippen LogP contribution >= 0.6 is 0 Å². The van der Waals surface area contributed by atoms with Gasteiger partial charge >= 0.3 is 0 Å². The summed E-state index contributed by atoms with van der Waals surface area (Å²) in [6.07, 6.45) is 4.48. The van der Waals surface area contributed by atoms with Crippen LogP contribution in [0, 0.1) is 6.92 Å². The summed E-state index contributed by atoms with van der Waals surface area (Å²) in [6, 6.07) is 9.50. The zero-order valence-corrected chi connectivity index (χ0v) is 11.6. The lowest BCUT2D eigenvalue weighted by Gasteiger charge is -2.23. The van der Waals surface area contributed by atoms with Crippen molar-refractivity contribution in [3.8, 4) is 0 Å². The summed E-state index contributed by atoms with van der Waals surface area (Å²) < 4.78 is 7.71. The monoisotopic (exact) mass is 258 g/mol. The second kappa shape index (κ2) is 5.76. The molecule has 0 atom stereocenters. The first-order valence-electron chi connectivity index (χ1n) is 7.19. The highest BCUT2D eigenvalue weighted by atomic mass is 16.5. The molecule has 3 rings (SSSR count). The number of hydrogen-bond donors (Lipinski definition) is 1. The third kappa shape index (κ3) is 2.99. The van der Waals surface area contributed by atoms with Gasteiger partial charge in [-0.05, 0) is 43.4 Å². The third-order valence-electron chi connectivity index (χ3n) is 3.93. The highest BCUT2D eigenvalue weighted by Crippen LogP contribution is 2.17. The van der Waals surface area contributed by atoms with E-state index in [9.17, 15) is 0 Å². The Kier molecular flexibility index (Phi) is 3.85. The lowest BCUT2D eigenvalue weighted by Crippen LogP contribution is -2.36. The highest BCUT2D eigenvalue weighted by Gasteiger charge is 2.12. The van der Waals surface area contributed by atoms with Gasteiger partial charge in [-0.1, -0.05) is 11.6 Å². The number of nitrogens with zero attached hydrogens (tertiary/aromatic N) is 1. The van der Waals surface area contributed by atoms with Gasteiger partial charge < -0.3 is 14.6 Å². The summed E-state index contributed by atoms with van der Waals surface area (Å²) in [5.41, 5.74) is 2.66.